The van der Waals surface area contributed by atoms with Gasteiger partial charge in [-0.1, -0.05) is 49.4 Å². The minimum absolute atomic E-state index is 0.567. The van der Waals surface area contributed by atoms with E-state index in [9.17, 15) is 0 Å². The molecule has 1 aliphatic rings. The predicted octanol–water partition coefficient (Wildman–Crippen LogP) is 5.17. The van der Waals surface area contributed by atoms with E-state index in [1.807, 2.05) is 6.07 Å². The van der Waals surface area contributed by atoms with E-state index in [4.69, 9.17) is 0 Å². The summed E-state index contributed by atoms with van der Waals surface area (Å²) in [6.07, 6.45) is 7.26. The summed E-state index contributed by atoms with van der Waals surface area (Å²) in [5.41, 5.74) is 1.38. The molecular weight excluding hydrogens is 288 g/mol. The lowest BCUT2D eigenvalue weighted by Gasteiger charge is -2.35. The van der Waals surface area contributed by atoms with Crippen LogP contribution in [0, 0.1) is 0 Å². The molecule has 0 amide bonds. The topological polar surface area (TPSA) is 16.1 Å². The van der Waals surface area contributed by atoms with Crippen molar-refractivity contribution in [3.63, 3.8) is 0 Å². The van der Waals surface area contributed by atoms with Crippen molar-refractivity contribution in [2.75, 3.05) is 13.1 Å². The van der Waals surface area contributed by atoms with Crippen molar-refractivity contribution in [3.05, 3.63) is 54.2 Å². The third-order valence-electron chi connectivity index (χ3n) is 4.23. The average Bonchev–Trinajstić information content (AvgIpc) is 2.58. The SMILES string of the molecule is CCCN1CCCCC1c1ccc(Sc2ccccc2)nc1. The molecule has 1 atom stereocenters. The maximum Gasteiger partial charge on any atom is 0.101 e. The van der Waals surface area contributed by atoms with Crippen LogP contribution >= 0.6 is 11.8 Å². The molecule has 2 heterocycles. The summed E-state index contributed by atoms with van der Waals surface area (Å²) in [5, 5.41) is 1.08. The quantitative estimate of drug-likeness (QED) is 0.757. The molecule has 1 aromatic carbocycles. The van der Waals surface area contributed by atoms with Crippen LogP contribution in [-0.2, 0) is 0 Å². The second-order valence-electron chi connectivity index (χ2n) is 5.89. The lowest BCUT2D eigenvalue weighted by atomic mass is 9.96. The summed E-state index contributed by atoms with van der Waals surface area (Å²) >= 11 is 1.73. The first-order valence-corrected chi connectivity index (χ1v) is 9.11. The first-order chi connectivity index (χ1) is 10.9. The number of hydrogen-bond donors (Lipinski definition) is 0. The van der Waals surface area contributed by atoms with Crippen LogP contribution in [0.25, 0.3) is 0 Å². The second kappa shape index (κ2) is 7.80. The third-order valence-corrected chi connectivity index (χ3v) is 5.19. The summed E-state index contributed by atoms with van der Waals surface area (Å²) in [7, 11) is 0. The number of piperidine rings is 1. The van der Waals surface area contributed by atoms with E-state index >= 15 is 0 Å². The van der Waals surface area contributed by atoms with Gasteiger partial charge >= 0.3 is 0 Å². The molecule has 1 saturated heterocycles. The zero-order valence-electron chi connectivity index (χ0n) is 13.2. The monoisotopic (exact) mass is 312 g/mol. The Bertz CT molecular complexity index is 566. The fraction of sp³-hybridized carbons (Fsp3) is 0.421. The lowest BCUT2D eigenvalue weighted by molar-refractivity contribution is 0.148. The van der Waals surface area contributed by atoms with Gasteiger partial charge in [0, 0.05) is 17.1 Å². The molecule has 0 spiro atoms. The first kappa shape index (κ1) is 15.6. The molecule has 0 bridgehead atoms. The van der Waals surface area contributed by atoms with E-state index in [1.165, 1.54) is 49.2 Å². The van der Waals surface area contributed by atoms with Crippen molar-refractivity contribution in [3.8, 4) is 0 Å². The third kappa shape index (κ3) is 3.90. The van der Waals surface area contributed by atoms with Gasteiger partial charge in [0.15, 0.2) is 0 Å². The molecule has 1 fully saturated rings. The molecule has 1 aromatic heterocycles. The molecule has 1 unspecified atom stereocenters. The van der Waals surface area contributed by atoms with Crippen LogP contribution in [0.1, 0.15) is 44.2 Å². The molecule has 1 aliphatic heterocycles. The summed E-state index contributed by atoms with van der Waals surface area (Å²) in [4.78, 5) is 8.55. The van der Waals surface area contributed by atoms with Gasteiger partial charge in [0.1, 0.15) is 5.03 Å². The van der Waals surface area contributed by atoms with Gasteiger partial charge < -0.3 is 0 Å². The van der Waals surface area contributed by atoms with E-state index in [2.05, 4.69) is 59.4 Å². The maximum atomic E-state index is 4.68. The zero-order chi connectivity index (χ0) is 15.2. The summed E-state index contributed by atoms with van der Waals surface area (Å²) in [6, 6.07) is 15.5. The first-order valence-electron chi connectivity index (χ1n) is 8.29. The molecule has 2 nitrogen and oxygen atoms in total. The predicted molar refractivity (Wildman–Crippen MR) is 93.3 cm³/mol. The highest BCUT2D eigenvalue weighted by atomic mass is 32.2. The minimum atomic E-state index is 0.567. The smallest absolute Gasteiger partial charge is 0.101 e. The van der Waals surface area contributed by atoms with Crippen molar-refractivity contribution < 1.29 is 0 Å². The van der Waals surface area contributed by atoms with E-state index in [0.717, 1.165) is 5.03 Å². The van der Waals surface area contributed by atoms with Crippen molar-refractivity contribution in [2.45, 2.75) is 48.6 Å². The molecule has 0 aliphatic carbocycles. The number of nitrogens with zero attached hydrogens (tertiary/aromatic N) is 2. The van der Waals surface area contributed by atoms with Crippen LogP contribution in [0.15, 0.2) is 58.6 Å². The number of benzene rings is 1. The fourth-order valence-electron chi connectivity index (χ4n) is 3.18. The van der Waals surface area contributed by atoms with E-state index < -0.39 is 0 Å². The van der Waals surface area contributed by atoms with E-state index in [0.29, 0.717) is 6.04 Å². The maximum absolute atomic E-state index is 4.68. The van der Waals surface area contributed by atoms with Gasteiger partial charge in [-0.25, -0.2) is 4.98 Å². The Morgan fingerprint density at radius 2 is 2.00 bits per heavy atom. The lowest BCUT2D eigenvalue weighted by Crippen LogP contribution is -2.34. The molecule has 3 rings (SSSR count). The normalized spacial score (nSPS) is 19.2. The van der Waals surface area contributed by atoms with Crippen LogP contribution in [0.3, 0.4) is 0 Å². The Labute approximate surface area is 138 Å². The Balaban J connectivity index is 1.70. The van der Waals surface area contributed by atoms with Gasteiger partial charge in [-0.15, -0.1) is 0 Å². The highest BCUT2D eigenvalue weighted by Gasteiger charge is 2.23. The molecule has 2 aromatic rings. The number of hydrogen-bond acceptors (Lipinski definition) is 3. The van der Waals surface area contributed by atoms with Gasteiger partial charge in [-0.2, -0.15) is 0 Å². The number of pyridine rings is 1. The summed E-state index contributed by atoms with van der Waals surface area (Å²) in [6.45, 7) is 4.70. The van der Waals surface area contributed by atoms with Crippen LogP contribution in [-0.4, -0.2) is 23.0 Å². The van der Waals surface area contributed by atoms with Crippen LogP contribution in [0.2, 0.25) is 0 Å². The summed E-state index contributed by atoms with van der Waals surface area (Å²) in [5.74, 6) is 0. The van der Waals surface area contributed by atoms with Gasteiger partial charge in [0.05, 0.1) is 0 Å². The van der Waals surface area contributed by atoms with E-state index in [-0.39, 0.29) is 0 Å². The molecule has 0 saturated carbocycles. The second-order valence-corrected chi connectivity index (χ2v) is 6.99. The van der Waals surface area contributed by atoms with Gasteiger partial charge in [0.2, 0.25) is 0 Å². The number of aromatic nitrogens is 1. The van der Waals surface area contributed by atoms with Crippen molar-refractivity contribution in [1.82, 2.24) is 9.88 Å². The number of rotatable bonds is 5. The highest BCUT2D eigenvalue weighted by Crippen LogP contribution is 2.32. The van der Waals surface area contributed by atoms with Crippen LogP contribution in [0.4, 0.5) is 0 Å². The Hall–Kier alpha value is -1.32. The number of likely N-dealkylation sites (tertiary alicyclic amines) is 1. The standard InChI is InChI=1S/C19H24N2S/c1-2-13-21-14-7-6-10-18(21)16-11-12-19(20-15-16)22-17-8-4-3-5-9-17/h3-5,8-9,11-12,15,18H,2,6-7,10,13-14H2,1H3. The van der Waals surface area contributed by atoms with E-state index in [1.54, 1.807) is 11.8 Å². The van der Waals surface area contributed by atoms with Crippen molar-refractivity contribution >= 4 is 11.8 Å². The minimum Gasteiger partial charge on any atom is -0.296 e. The summed E-state index contributed by atoms with van der Waals surface area (Å²) < 4.78 is 0. The molecule has 116 valence electrons. The van der Waals surface area contributed by atoms with Gasteiger partial charge in [0.25, 0.3) is 0 Å². The molecule has 0 N–H and O–H groups in total. The fourth-order valence-corrected chi connectivity index (χ4v) is 3.96. The largest absolute Gasteiger partial charge is 0.296 e. The zero-order valence-corrected chi connectivity index (χ0v) is 14.1. The Morgan fingerprint density at radius 1 is 1.14 bits per heavy atom. The van der Waals surface area contributed by atoms with Crippen LogP contribution < -0.4 is 0 Å². The van der Waals surface area contributed by atoms with Crippen molar-refractivity contribution in [2.24, 2.45) is 0 Å². The van der Waals surface area contributed by atoms with Gasteiger partial charge in [-0.3, -0.25) is 4.90 Å². The molecule has 3 heteroatoms. The van der Waals surface area contributed by atoms with Crippen molar-refractivity contribution in [1.29, 1.82) is 0 Å². The Morgan fingerprint density at radius 3 is 2.73 bits per heavy atom. The molecule has 0 radical (unpaired) electrons. The highest BCUT2D eigenvalue weighted by molar-refractivity contribution is 7.99. The molecular formula is C19H24N2S. The van der Waals surface area contributed by atoms with Crippen LogP contribution in [0.5, 0.6) is 0 Å². The Kier molecular flexibility index (Phi) is 5.52. The van der Waals surface area contributed by atoms with Gasteiger partial charge in [-0.05, 0) is 56.1 Å². The average molecular weight is 312 g/mol. The molecule has 22 heavy (non-hydrogen) atoms.